The number of carboxylic acid groups (broad SMARTS) is 1. The largest absolute Gasteiger partial charge is 0.481 e. The fourth-order valence-corrected chi connectivity index (χ4v) is 2.71. The van der Waals surface area contributed by atoms with Crippen LogP contribution in [0.2, 0.25) is 0 Å². The Hall–Kier alpha value is -1.56. The first-order valence-electron chi connectivity index (χ1n) is 5.54. The second-order valence-electron chi connectivity index (χ2n) is 4.37. The number of amides is 1. The van der Waals surface area contributed by atoms with E-state index in [4.69, 9.17) is 10.8 Å². The molecule has 96 valence electrons. The molecular weight excluding hydrogens is 300 g/mol. The summed E-state index contributed by atoms with van der Waals surface area (Å²) in [6, 6.07) is 5.41. The molecule has 0 bridgehead atoms. The summed E-state index contributed by atoms with van der Waals surface area (Å²) in [6.07, 6.45) is 0.163. The first-order valence-corrected chi connectivity index (χ1v) is 6.33. The number of halogens is 1. The first-order chi connectivity index (χ1) is 8.49. The van der Waals surface area contributed by atoms with Crippen LogP contribution in [0.15, 0.2) is 22.7 Å². The van der Waals surface area contributed by atoms with Gasteiger partial charge in [-0.25, -0.2) is 0 Å². The van der Waals surface area contributed by atoms with Gasteiger partial charge in [0.1, 0.15) is 0 Å². The van der Waals surface area contributed by atoms with Crippen LogP contribution in [0.1, 0.15) is 16.8 Å². The van der Waals surface area contributed by atoms with Gasteiger partial charge in [0.15, 0.2) is 0 Å². The lowest BCUT2D eigenvalue weighted by Gasteiger charge is -2.41. The van der Waals surface area contributed by atoms with Gasteiger partial charge in [-0.1, -0.05) is 6.07 Å². The Morgan fingerprint density at radius 3 is 2.67 bits per heavy atom. The Balaban J connectivity index is 2.14. The zero-order chi connectivity index (χ0) is 13.3. The van der Waals surface area contributed by atoms with Crippen molar-refractivity contribution in [3.05, 3.63) is 28.2 Å². The molecule has 18 heavy (non-hydrogen) atoms. The van der Waals surface area contributed by atoms with Crippen LogP contribution in [-0.2, 0) is 4.79 Å². The van der Waals surface area contributed by atoms with Crippen LogP contribution in [0, 0.1) is 5.92 Å². The van der Waals surface area contributed by atoms with E-state index in [1.54, 1.807) is 6.07 Å². The first kappa shape index (κ1) is 12.9. The molecule has 0 atom stereocenters. The number of carboxylic acids is 1. The third-order valence-corrected chi connectivity index (χ3v) is 3.66. The monoisotopic (exact) mass is 312 g/mol. The van der Waals surface area contributed by atoms with Crippen LogP contribution in [0.4, 0.5) is 5.69 Å². The zero-order valence-electron chi connectivity index (χ0n) is 9.60. The molecule has 0 aromatic heterocycles. The van der Waals surface area contributed by atoms with Gasteiger partial charge in [-0.15, -0.1) is 0 Å². The van der Waals surface area contributed by atoms with E-state index < -0.39 is 11.9 Å². The Bertz CT molecular complexity index is 498. The quantitative estimate of drug-likeness (QED) is 0.881. The molecule has 2 rings (SSSR count). The number of aliphatic carboxylic acids is 1. The minimum atomic E-state index is -0.788. The Morgan fingerprint density at radius 1 is 1.44 bits per heavy atom. The molecule has 0 aliphatic carbocycles. The maximum Gasteiger partial charge on any atom is 0.303 e. The molecule has 1 amide bonds. The fourth-order valence-electron chi connectivity index (χ4n) is 2.16. The minimum absolute atomic E-state index is 0.141. The molecule has 1 heterocycles. The highest BCUT2D eigenvalue weighted by molar-refractivity contribution is 9.10. The zero-order valence-corrected chi connectivity index (χ0v) is 11.2. The van der Waals surface area contributed by atoms with Crippen molar-refractivity contribution in [3.63, 3.8) is 0 Å². The SMILES string of the molecule is NC(=O)c1c(Br)cccc1N1CC(CC(=O)O)C1. The number of nitrogens with zero attached hydrogens (tertiary/aromatic N) is 1. The molecular formula is C12H13BrN2O3. The van der Waals surface area contributed by atoms with Crippen molar-refractivity contribution < 1.29 is 14.7 Å². The topological polar surface area (TPSA) is 83.6 Å². The summed E-state index contributed by atoms with van der Waals surface area (Å²) in [5.74, 6) is -1.13. The molecule has 1 aromatic carbocycles. The highest BCUT2D eigenvalue weighted by Gasteiger charge is 2.31. The van der Waals surface area contributed by atoms with Crippen LogP contribution in [0.25, 0.3) is 0 Å². The normalized spacial score (nSPS) is 15.3. The van der Waals surface area contributed by atoms with Gasteiger partial charge in [-0.3, -0.25) is 9.59 Å². The second kappa shape index (κ2) is 4.97. The summed E-state index contributed by atoms with van der Waals surface area (Å²) in [5.41, 5.74) is 6.57. The van der Waals surface area contributed by atoms with Gasteiger partial charge >= 0.3 is 5.97 Å². The number of anilines is 1. The smallest absolute Gasteiger partial charge is 0.303 e. The van der Waals surface area contributed by atoms with E-state index in [1.807, 2.05) is 17.0 Å². The van der Waals surface area contributed by atoms with Gasteiger partial charge in [0.25, 0.3) is 5.91 Å². The molecule has 1 aromatic rings. The van der Waals surface area contributed by atoms with Gasteiger partial charge in [0.05, 0.1) is 17.7 Å². The molecule has 0 spiro atoms. The molecule has 3 N–H and O–H groups in total. The fraction of sp³-hybridized carbons (Fsp3) is 0.333. The van der Waals surface area contributed by atoms with Crippen molar-refractivity contribution in [1.82, 2.24) is 0 Å². The lowest BCUT2D eigenvalue weighted by Crippen LogP contribution is -2.48. The highest BCUT2D eigenvalue weighted by Crippen LogP contribution is 2.32. The van der Waals surface area contributed by atoms with E-state index >= 15 is 0 Å². The standard InChI is InChI=1S/C12H13BrN2O3/c13-8-2-1-3-9(11(8)12(14)18)15-5-7(6-15)4-10(16)17/h1-3,7H,4-6H2,(H2,14,18)(H,16,17). The number of benzene rings is 1. The van der Waals surface area contributed by atoms with Crippen LogP contribution in [0.3, 0.4) is 0 Å². The second-order valence-corrected chi connectivity index (χ2v) is 5.22. The highest BCUT2D eigenvalue weighted by atomic mass is 79.9. The van der Waals surface area contributed by atoms with Crippen molar-refractivity contribution >= 4 is 33.5 Å². The molecule has 5 nitrogen and oxygen atoms in total. The predicted octanol–water partition coefficient (Wildman–Crippen LogP) is 1.46. The molecule has 1 fully saturated rings. The summed E-state index contributed by atoms with van der Waals surface area (Å²) >= 11 is 3.30. The Morgan fingerprint density at radius 2 is 2.11 bits per heavy atom. The third-order valence-electron chi connectivity index (χ3n) is 3.00. The van der Waals surface area contributed by atoms with Crippen LogP contribution in [0.5, 0.6) is 0 Å². The molecule has 1 aliphatic heterocycles. The van der Waals surface area contributed by atoms with Crippen LogP contribution >= 0.6 is 15.9 Å². The Kier molecular flexibility index (Phi) is 3.56. The molecule has 1 saturated heterocycles. The average molecular weight is 313 g/mol. The third kappa shape index (κ3) is 2.48. The summed E-state index contributed by atoms with van der Waals surface area (Å²) in [5, 5.41) is 8.69. The number of rotatable bonds is 4. The van der Waals surface area contributed by atoms with Crippen LogP contribution in [-0.4, -0.2) is 30.1 Å². The van der Waals surface area contributed by atoms with Crippen LogP contribution < -0.4 is 10.6 Å². The summed E-state index contributed by atoms with van der Waals surface area (Å²) in [4.78, 5) is 24.0. The van der Waals surface area contributed by atoms with E-state index in [0.29, 0.717) is 23.1 Å². The lowest BCUT2D eigenvalue weighted by molar-refractivity contribution is -0.138. The summed E-state index contributed by atoms with van der Waals surface area (Å²) in [7, 11) is 0. The maximum absolute atomic E-state index is 11.4. The number of nitrogens with two attached hydrogens (primary N) is 1. The number of carbonyl (C=O) groups is 2. The predicted molar refractivity (Wildman–Crippen MR) is 70.6 cm³/mol. The maximum atomic E-state index is 11.4. The average Bonchev–Trinajstić information content (AvgIpc) is 2.21. The molecule has 1 aliphatic rings. The van der Waals surface area contributed by atoms with Gasteiger partial charge < -0.3 is 15.7 Å². The summed E-state index contributed by atoms with van der Waals surface area (Å²) in [6.45, 7) is 1.28. The van der Waals surface area contributed by atoms with Crippen molar-refractivity contribution in [2.24, 2.45) is 11.7 Å². The van der Waals surface area contributed by atoms with E-state index in [2.05, 4.69) is 15.9 Å². The molecule has 0 saturated carbocycles. The van der Waals surface area contributed by atoms with Gasteiger partial charge in [-0.05, 0) is 28.1 Å². The van der Waals surface area contributed by atoms with Crippen molar-refractivity contribution in [2.75, 3.05) is 18.0 Å². The lowest BCUT2D eigenvalue weighted by atomic mass is 9.94. The van der Waals surface area contributed by atoms with E-state index in [0.717, 1.165) is 5.69 Å². The number of hydrogen-bond acceptors (Lipinski definition) is 3. The van der Waals surface area contributed by atoms with Gasteiger partial charge in [-0.2, -0.15) is 0 Å². The Labute approximate surface area is 113 Å². The van der Waals surface area contributed by atoms with E-state index in [9.17, 15) is 9.59 Å². The molecule has 0 radical (unpaired) electrons. The van der Waals surface area contributed by atoms with E-state index in [-0.39, 0.29) is 12.3 Å². The van der Waals surface area contributed by atoms with Gasteiger partial charge in [0, 0.05) is 23.5 Å². The summed E-state index contributed by atoms with van der Waals surface area (Å²) < 4.78 is 0.661. The number of carbonyl (C=O) groups excluding carboxylic acids is 1. The van der Waals surface area contributed by atoms with Crippen molar-refractivity contribution in [3.8, 4) is 0 Å². The van der Waals surface area contributed by atoms with Crippen molar-refractivity contribution in [2.45, 2.75) is 6.42 Å². The number of primary amides is 1. The van der Waals surface area contributed by atoms with Crippen molar-refractivity contribution in [1.29, 1.82) is 0 Å². The molecule has 6 heteroatoms. The van der Waals surface area contributed by atoms with Gasteiger partial charge in [0.2, 0.25) is 0 Å². The number of hydrogen-bond donors (Lipinski definition) is 2. The van der Waals surface area contributed by atoms with E-state index in [1.165, 1.54) is 0 Å². The minimum Gasteiger partial charge on any atom is -0.481 e. The molecule has 0 unspecified atom stereocenters.